The summed E-state index contributed by atoms with van der Waals surface area (Å²) in [5.41, 5.74) is 1.72. The predicted octanol–water partition coefficient (Wildman–Crippen LogP) is 4.89. The Balaban J connectivity index is 1.48. The molecule has 2 amide bonds. The molecule has 1 saturated heterocycles. The van der Waals surface area contributed by atoms with E-state index in [-0.39, 0.29) is 29.4 Å². The van der Waals surface area contributed by atoms with E-state index in [2.05, 4.69) is 5.32 Å². The zero-order valence-electron chi connectivity index (χ0n) is 16.0. The number of hydrogen-bond donors (Lipinski definition) is 1. The van der Waals surface area contributed by atoms with Crippen LogP contribution in [0, 0.1) is 12.7 Å². The average Bonchev–Trinajstić information content (AvgIpc) is 3.42. The number of anilines is 1. The number of aryl methyl sites for hydroxylation is 1. The second-order valence-corrected chi connectivity index (χ2v) is 8.24. The first-order valence-electron chi connectivity index (χ1n) is 9.52. The Kier molecular flexibility index (Phi) is 5.49. The van der Waals surface area contributed by atoms with Crippen molar-refractivity contribution in [3.8, 4) is 0 Å². The first kappa shape index (κ1) is 19.4. The smallest absolute Gasteiger partial charge is 0.291 e. The molecule has 3 aromatic rings. The first-order chi connectivity index (χ1) is 14.0. The summed E-state index contributed by atoms with van der Waals surface area (Å²) in [7, 11) is 0. The van der Waals surface area contributed by atoms with E-state index in [9.17, 15) is 14.0 Å². The van der Waals surface area contributed by atoms with Gasteiger partial charge in [0.2, 0.25) is 0 Å². The standard InChI is InChI=1S/C22H21FN2O3S/c1-14-11-19(24-21(26)18-8-4-10-28-18)29-20(14)22(27)25-9-3-7-17(25)13-15-5-2-6-16(23)12-15/h2,4-6,8,10-12,17H,3,7,9,13H2,1H3,(H,24,26). The number of halogens is 1. The number of furan rings is 1. The summed E-state index contributed by atoms with van der Waals surface area (Å²) in [5.74, 6) is -0.423. The zero-order valence-corrected chi connectivity index (χ0v) is 16.8. The molecule has 5 nitrogen and oxygen atoms in total. The minimum Gasteiger partial charge on any atom is -0.459 e. The molecule has 1 aromatic carbocycles. The number of nitrogens with one attached hydrogen (secondary N) is 1. The van der Waals surface area contributed by atoms with Gasteiger partial charge in [0.25, 0.3) is 11.8 Å². The van der Waals surface area contributed by atoms with Gasteiger partial charge in [-0.2, -0.15) is 0 Å². The Morgan fingerprint density at radius 3 is 2.90 bits per heavy atom. The maximum Gasteiger partial charge on any atom is 0.291 e. The zero-order chi connectivity index (χ0) is 20.4. The molecule has 0 aliphatic carbocycles. The second kappa shape index (κ2) is 8.21. The molecule has 1 fully saturated rings. The van der Waals surface area contributed by atoms with Crippen LogP contribution >= 0.6 is 11.3 Å². The van der Waals surface area contributed by atoms with Crippen molar-refractivity contribution in [2.75, 3.05) is 11.9 Å². The molecule has 1 atom stereocenters. The van der Waals surface area contributed by atoms with Crippen LogP contribution in [0.5, 0.6) is 0 Å². The highest BCUT2D eigenvalue weighted by Crippen LogP contribution is 2.31. The number of carbonyl (C=O) groups excluding carboxylic acids is 2. The summed E-state index contributed by atoms with van der Waals surface area (Å²) < 4.78 is 18.6. The van der Waals surface area contributed by atoms with Crippen molar-refractivity contribution in [2.24, 2.45) is 0 Å². The van der Waals surface area contributed by atoms with E-state index in [0.717, 1.165) is 24.0 Å². The van der Waals surface area contributed by atoms with E-state index in [1.54, 1.807) is 24.3 Å². The lowest BCUT2D eigenvalue weighted by Gasteiger charge is -2.24. The molecule has 2 aromatic heterocycles. The van der Waals surface area contributed by atoms with Crippen molar-refractivity contribution < 1.29 is 18.4 Å². The number of rotatable bonds is 5. The van der Waals surface area contributed by atoms with Crippen molar-refractivity contribution >= 4 is 28.2 Å². The lowest BCUT2D eigenvalue weighted by atomic mass is 10.0. The van der Waals surface area contributed by atoms with Crippen LogP contribution in [-0.4, -0.2) is 29.3 Å². The van der Waals surface area contributed by atoms with E-state index in [4.69, 9.17) is 4.42 Å². The highest BCUT2D eigenvalue weighted by atomic mass is 32.1. The SMILES string of the molecule is Cc1cc(NC(=O)c2ccco2)sc1C(=O)N1CCCC1Cc1cccc(F)c1. The molecular weight excluding hydrogens is 391 g/mol. The Bertz CT molecular complexity index is 1030. The number of hydrogen-bond acceptors (Lipinski definition) is 4. The molecule has 1 aliphatic heterocycles. The van der Waals surface area contributed by atoms with Crippen molar-refractivity contribution in [1.29, 1.82) is 0 Å². The normalized spacial score (nSPS) is 16.2. The van der Waals surface area contributed by atoms with Gasteiger partial charge in [0.15, 0.2) is 5.76 Å². The fraction of sp³-hybridized carbons (Fsp3) is 0.273. The number of thiophene rings is 1. The highest BCUT2D eigenvalue weighted by molar-refractivity contribution is 7.18. The van der Waals surface area contributed by atoms with Gasteiger partial charge in [0.1, 0.15) is 5.82 Å². The minimum atomic E-state index is -0.347. The number of benzene rings is 1. The van der Waals surface area contributed by atoms with Crippen LogP contribution in [-0.2, 0) is 6.42 Å². The van der Waals surface area contributed by atoms with Crippen molar-refractivity contribution in [2.45, 2.75) is 32.2 Å². The van der Waals surface area contributed by atoms with Crippen LogP contribution in [0.25, 0.3) is 0 Å². The van der Waals surface area contributed by atoms with Crippen LogP contribution in [0.4, 0.5) is 9.39 Å². The van der Waals surface area contributed by atoms with E-state index < -0.39 is 0 Å². The Hall–Kier alpha value is -2.93. The Morgan fingerprint density at radius 2 is 2.14 bits per heavy atom. The maximum absolute atomic E-state index is 13.5. The molecule has 4 rings (SSSR count). The largest absolute Gasteiger partial charge is 0.459 e. The van der Waals surface area contributed by atoms with E-state index in [0.29, 0.717) is 22.8 Å². The van der Waals surface area contributed by atoms with Crippen LogP contribution in [0.3, 0.4) is 0 Å². The molecule has 0 saturated carbocycles. The molecular formula is C22H21FN2O3S. The van der Waals surface area contributed by atoms with Gasteiger partial charge in [-0.25, -0.2) is 4.39 Å². The van der Waals surface area contributed by atoms with Gasteiger partial charge in [0.05, 0.1) is 16.1 Å². The van der Waals surface area contributed by atoms with Crippen molar-refractivity contribution in [3.05, 3.63) is 76.3 Å². The van der Waals surface area contributed by atoms with Gasteiger partial charge in [-0.1, -0.05) is 12.1 Å². The van der Waals surface area contributed by atoms with Crippen LogP contribution < -0.4 is 5.32 Å². The third kappa shape index (κ3) is 4.24. The number of carbonyl (C=O) groups is 2. The van der Waals surface area contributed by atoms with Crippen LogP contribution in [0.15, 0.2) is 53.1 Å². The molecule has 1 N–H and O–H groups in total. The lowest BCUT2D eigenvalue weighted by Crippen LogP contribution is -2.36. The Morgan fingerprint density at radius 1 is 1.28 bits per heavy atom. The maximum atomic E-state index is 13.5. The van der Waals surface area contributed by atoms with Crippen molar-refractivity contribution in [1.82, 2.24) is 4.90 Å². The molecule has 29 heavy (non-hydrogen) atoms. The summed E-state index contributed by atoms with van der Waals surface area (Å²) in [6.07, 6.45) is 3.90. The summed E-state index contributed by atoms with van der Waals surface area (Å²) in [5, 5.41) is 3.39. The van der Waals surface area contributed by atoms with Gasteiger partial charge in [-0.15, -0.1) is 11.3 Å². The molecule has 0 bridgehead atoms. The summed E-state index contributed by atoms with van der Waals surface area (Å²) in [6, 6.07) is 11.6. The fourth-order valence-corrected chi connectivity index (χ4v) is 4.74. The molecule has 3 heterocycles. The summed E-state index contributed by atoms with van der Waals surface area (Å²) in [6.45, 7) is 2.55. The number of nitrogens with zero attached hydrogens (tertiary/aromatic N) is 1. The van der Waals surface area contributed by atoms with Gasteiger partial charge in [-0.3, -0.25) is 9.59 Å². The van der Waals surface area contributed by atoms with Crippen LogP contribution in [0.1, 0.15) is 44.2 Å². The minimum absolute atomic E-state index is 0.0371. The third-order valence-electron chi connectivity index (χ3n) is 5.09. The molecule has 1 aliphatic rings. The Labute approximate surface area is 172 Å². The first-order valence-corrected chi connectivity index (χ1v) is 10.3. The lowest BCUT2D eigenvalue weighted by molar-refractivity contribution is 0.0740. The van der Waals surface area contributed by atoms with Gasteiger partial charge < -0.3 is 14.6 Å². The van der Waals surface area contributed by atoms with E-state index in [1.165, 1.54) is 29.7 Å². The highest BCUT2D eigenvalue weighted by Gasteiger charge is 2.31. The summed E-state index contributed by atoms with van der Waals surface area (Å²) >= 11 is 1.27. The molecule has 0 radical (unpaired) electrons. The quantitative estimate of drug-likeness (QED) is 0.649. The third-order valence-corrected chi connectivity index (χ3v) is 6.23. The van der Waals surface area contributed by atoms with Gasteiger partial charge in [0, 0.05) is 12.6 Å². The van der Waals surface area contributed by atoms with Gasteiger partial charge in [-0.05, 0) is 67.6 Å². The predicted molar refractivity (Wildman–Crippen MR) is 110 cm³/mol. The van der Waals surface area contributed by atoms with E-state index >= 15 is 0 Å². The topological polar surface area (TPSA) is 62.6 Å². The number of amides is 2. The van der Waals surface area contributed by atoms with Crippen LogP contribution in [0.2, 0.25) is 0 Å². The fourth-order valence-electron chi connectivity index (χ4n) is 3.72. The molecule has 7 heteroatoms. The van der Waals surface area contributed by atoms with Gasteiger partial charge >= 0.3 is 0 Å². The summed E-state index contributed by atoms with van der Waals surface area (Å²) in [4.78, 5) is 27.9. The second-order valence-electron chi connectivity index (χ2n) is 7.18. The van der Waals surface area contributed by atoms with E-state index in [1.807, 2.05) is 17.9 Å². The number of likely N-dealkylation sites (tertiary alicyclic amines) is 1. The molecule has 1 unspecified atom stereocenters. The molecule has 0 spiro atoms. The average molecular weight is 412 g/mol. The molecule has 150 valence electrons. The van der Waals surface area contributed by atoms with Crippen molar-refractivity contribution in [3.63, 3.8) is 0 Å². The monoisotopic (exact) mass is 412 g/mol.